The number of Topliss-reactive ketones (excluding diaryl/α,β-unsaturated/α-hetero) is 1. The molecular formula is C42H60FN7O8. The van der Waals surface area contributed by atoms with E-state index in [-0.39, 0.29) is 42.8 Å². The molecule has 58 heavy (non-hydrogen) atoms. The number of ether oxygens (including phenoxy) is 2. The molecule has 1 aromatic carbocycles. The maximum atomic E-state index is 14.9. The third kappa shape index (κ3) is 12.7. The Hall–Kier alpha value is -5.15. The summed E-state index contributed by atoms with van der Waals surface area (Å²) < 4.78 is 26.7. The van der Waals surface area contributed by atoms with Gasteiger partial charge in [-0.1, -0.05) is 73.3 Å². The summed E-state index contributed by atoms with van der Waals surface area (Å²) in [7, 11) is 0. The fourth-order valence-electron chi connectivity index (χ4n) is 7.12. The summed E-state index contributed by atoms with van der Waals surface area (Å²) in [5.41, 5.74) is -0.162. The van der Waals surface area contributed by atoms with E-state index in [1.54, 1.807) is 40.7 Å². The zero-order chi connectivity index (χ0) is 42.6. The third-order valence-electron chi connectivity index (χ3n) is 10.3. The number of halogens is 1. The smallest absolute Gasteiger partial charge is 0.409 e. The first kappa shape index (κ1) is 45.6. The van der Waals surface area contributed by atoms with Crippen molar-refractivity contribution in [1.82, 2.24) is 36.1 Å². The van der Waals surface area contributed by atoms with E-state index in [1.165, 1.54) is 35.6 Å². The van der Waals surface area contributed by atoms with Crippen molar-refractivity contribution in [3.63, 3.8) is 0 Å². The number of nitrogens with zero attached hydrogens (tertiary/aromatic N) is 3. The molecule has 0 bridgehead atoms. The van der Waals surface area contributed by atoms with Crippen LogP contribution >= 0.6 is 0 Å². The molecule has 3 fully saturated rings. The number of nitrogens with one attached hydrogen (secondary N) is 4. The molecule has 1 saturated heterocycles. The highest BCUT2D eigenvalue weighted by Crippen LogP contribution is 2.31. The van der Waals surface area contributed by atoms with E-state index in [0.717, 1.165) is 32.1 Å². The predicted molar refractivity (Wildman–Crippen MR) is 213 cm³/mol. The number of likely N-dealkylation sites (tertiary alicyclic amines) is 1. The first-order chi connectivity index (χ1) is 27.6. The van der Waals surface area contributed by atoms with Gasteiger partial charge in [-0.15, -0.1) is 0 Å². The van der Waals surface area contributed by atoms with Crippen LogP contribution in [0.4, 0.5) is 9.18 Å². The van der Waals surface area contributed by atoms with Crippen molar-refractivity contribution in [3.05, 3.63) is 53.9 Å². The maximum absolute atomic E-state index is 14.9. The molecule has 15 nitrogen and oxygen atoms in total. The number of rotatable bonds is 15. The second kappa shape index (κ2) is 21.0. The van der Waals surface area contributed by atoms with Crippen LogP contribution in [0, 0.1) is 24.1 Å². The number of carbonyl (C=O) groups is 6. The van der Waals surface area contributed by atoms with Crippen LogP contribution in [0.3, 0.4) is 0 Å². The van der Waals surface area contributed by atoms with Crippen molar-refractivity contribution in [2.45, 2.75) is 149 Å². The number of carbonyl (C=O) groups excluding carboxylic acids is 6. The van der Waals surface area contributed by atoms with E-state index in [2.05, 4.69) is 31.2 Å². The van der Waals surface area contributed by atoms with Crippen molar-refractivity contribution in [2.24, 2.45) is 11.3 Å². The molecule has 4 N–H and O–H groups in total. The first-order valence-electron chi connectivity index (χ1n) is 20.6. The van der Waals surface area contributed by atoms with E-state index in [4.69, 9.17) is 9.47 Å². The van der Waals surface area contributed by atoms with Gasteiger partial charge in [0.2, 0.25) is 17.6 Å². The lowest BCUT2D eigenvalue weighted by atomic mass is 9.82. The second-order valence-electron chi connectivity index (χ2n) is 16.1. The molecule has 16 heteroatoms. The van der Waals surface area contributed by atoms with Gasteiger partial charge in [-0.2, -0.15) is 0 Å². The van der Waals surface area contributed by atoms with Gasteiger partial charge in [0.25, 0.3) is 11.8 Å². The number of ketones is 1. The van der Waals surface area contributed by atoms with Gasteiger partial charge < -0.3 is 35.6 Å². The van der Waals surface area contributed by atoms with Gasteiger partial charge in [0.15, 0.2) is 17.8 Å². The molecule has 2 aliphatic carbocycles. The number of aryl methyl sites for hydroxylation is 1. The van der Waals surface area contributed by atoms with Crippen molar-refractivity contribution in [1.29, 1.82) is 0 Å². The molecule has 2 heterocycles. The molecule has 0 radical (unpaired) electrons. The van der Waals surface area contributed by atoms with Gasteiger partial charge in [0.1, 0.15) is 29.9 Å². The number of benzene rings is 1. The quantitative estimate of drug-likeness (QED) is 0.180. The molecule has 2 saturated carbocycles. The van der Waals surface area contributed by atoms with Crippen molar-refractivity contribution in [2.75, 3.05) is 6.54 Å². The van der Waals surface area contributed by atoms with E-state index < -0.39 is 77.2 Å². The molecule has 5 atom stereocenters. The van der Waals surface area contributed by atoms with Crippen LogP contribution in [-0.2, 0) is 23.9 Å². The second-order valence-corrected chi connectivity index (χ2v) is 16.1. The summed E-state index contributed by atoms with van der Waals surface area (Å²) in [4.78, 5) is 90.4. The number of aromatic nitrogens is 2. The van der Waals surface area contributed by atoms with Crippen LogP contribution in [-0.4, -0.2) is 93.4 Å². The SMILES string of the molecule is CC.CCC[C@@H](NC(=O)O[C@@H]1C[C@@H](Oc2ccc(C)cc2F)CN1C(=O)[C@@H](NC(=O)C(NC(=O)c1cnccn1)C1CCCCC1)C(C)(C)C)C(=O)C(=O)NC1CC1. The lowest BCUT2D eigenvalue weighted by molar-refractivity contribution is -0.146. The Morgan fingerprint density at radius 2 is 1.67 bits per heavy atom. The zero-order valence-corrected chi connectivity index (χ0v) is 34.8. The van der Waals surface area contributed by atoms with E-state index in [1.807, 2.05) is 13.8 Å². The van der Waals surface area contributed by atoms with Gasteiger partial charge in [-0.3, -0.25) is 29.0 Å². The Morgan fingerprint density at radius 1 is 0.966 bits per heavy atom. The topological polar surface area (TPSA) is 198 Å². The van der Waals surface area contributed by atoms with Crippen molar-refractivity contribution in [3.8, 4) is 5.75 Å². The molecule has 318 valence electrons. The fourth-order valence-corrected chi connectivity index (χ4v) is 7.12. The Labute approximate surface area is 340 Å². The van der Waals surface area contributed by atoms with Gasteiger partial charge >= 0.3 is 6.09 Å². The monoisotopic (exact) mass is 809 g/mol. The van der Waals surface area contributed by atoms with Crippen LogP contribution in [0.2, 0.25) is 0 Å². The molecule has 1 aliphatic heterocycles. The number of alkyl carbamates (subject to hydrolysis) is 1. The Balaban J connectivity index is 0.00000366. The van der Waals surface area contributed by atoms with Crippen LogP contribution in [0.25, 0.3) is 0 Å². The molecule has 5 rings (SSSR count). The minimum absolute atomic E-state index is 0.0439. The standard InChI is InChI=1S/C40H54FN7O8.C2H6/c1-6-10-28(33(49)37(52)44-25-14-15-25)45-39(54)56-31-20-26(55-30-16-13-23(2)19-27(30)41)22-48(31)38(53)34(40(3,4)5)47-36(51)32(24-11-8-7-9-12-24)46-35(50)29-21-42-17-18-43-29;1-2/h13,16-19,21,24-26,28,31-32,34H,6-12,14-15,20,22H2,1-5H3,(H,44,52)(H,45,54)(H,46,50)(H,47,51);1-2H3/t26-,28-,31-,32?,34-;/m1./s1. The average Bonchev–Trinajstić information content (AvgIpc) is 3.94. The minimum Gasteiger partial charge on any atom is -0.485 e. The van der Waals surface area contributed by atoms with Gasteiger partial charge in [0, 0.05) is 24.9 Å². The molecule has 1 unspecified atom stereocenters. The van der Waals surface area contributed by atoms with E-state index >= 15 is 0 Å². The van der Waals surface area contributed by atoms with Crippen LogP contribution < -0.4 is 26.0 Å². The molecule has 0 spiro atoms. The van der Waals surface area contributed by atoms with Crippen LogP contribution in [0.5, 0.6) is 5.75 Å². The first-order valence-corrected chi connectivity index (χ1v) is 20.6. The van der Waals surface area contributed by atoms with Gasteiger partial charge in [-0.25, -0.2) is 14.2 Å². The normalized spacial score (nSPS) is 19.6. The van der Waals surface area contributed by atoms with E-state index in [0.29, 0.717) is 24.8 Å². The molecular weight excluding hydrogens is 750 g/mol. The Bertz CT molecular complexity index is 1750. The lowest BCUT2D eigenvalue weighted by Crippen LogP contribution is -2.61. The highest BCUT2D eigenvalue weighted by atomic mass is 19.1. The third-order valence-corrected chi connectivity index (χ3v) is 10.3. The molecule has 2 aromatic rings. The molecule has 1 aromatic heterocycles. The Morgan fingerprint density at radius 3 is 2.28 bits per heavy atom. The fraction of sp³-hybridized carbons (Fsp3) is 0.619. The van der Waals surface area contributed by atoms with Crippen molar-refractivity contribution >= 4 is 35.5 Å². The van der Waals surface area contributed by atoms with Crippen LogP contribution in [0.15, 0.2) is 36.8 Å². The van der Waals surface area contributed by atoms with E-state index in [9.17, 15) is 33.2 Å². The summed E-state index contributed by atoms with van der Waals surface area (Å²) in [6.07, 6.45) is 7.30. The number of hydrogen-bond donors (Lipinski definition) is 4. The summed E-state index contributed by atoms with van der Waals surface area (Å²) in [5, 5.41) is 10.9. The Kier molecular flexibility index (Phi) is 16.5. The largest absolute Gasteiger partial charge is 0.485 e. The summed E-state index contributed by atoms with van der Waals surface area (Å²) >= 11 is 0. The van der Waals surface area contributed by atoms with Gasteiger partial charge in [0.05, 0.1) is 12.7 Å². The van der Waals surface area contributed by atoms with Crippen molar-refractivity contribution < 1.29 is 42.6 Å². The lowest BCUT2D eigenvalue weighted by Gasteiger charge is -2.37. The van der Waals surface area contributed by atoms with Crippen LogP contribution in [0.1, 0.15) is 122 Å². The summed E-state index contributed by atoms with van der Waals surface area (Å²) in [6.45, 7) is 12.7. The van der Waals surface area contributed by atoms with Gasteiger partial charge in [-0.05, 0) is 68.1 Å². The predicted octanol–water partition coefficient (Wildman–Crippen LogP) is 4.91. The maximum Gasteiger partial charge on any atom is 0.409 e. The highest BCUT2D eigenvalue weighted by molar-refractivity contribution is 6.38. The average molecular weight is 810 g/mol. The number of amides is 5. The summed E-state index contributed by atoms with van der Waals surface area (Å²) in [6, 6.07) is 1.08. The molecule has 3 aliphatic rings. The number of hydrogen-bond acceptors (Lipinski definition) is 10. The highest BCUT2D eigenvalue weighted by Gasteiger charge is 2.46. The summed E-state index contributed by atoms with van der Waals surface area (Å²) in [5.74, 6) is -4.19. The zero-order valence-electron chi connectivity index (χ0n) is 34.8. The molecule has 5 amide bonds. The minimum atomic E-state index is -1.26.